The molecule has 0 atom stereocenters. The van der Waals surface area contributed by atoms with Crippen LogP contribution in [-0.2, 0) is 15.4 Å². The summed E-state index contributed by atoms with van der Waals surface area (Å²) in [6.45, 7) is 4.24. The molecule has 1 N–H and O–H groups in total. The van der Waals surface area contributed by atoms with Gasteiger partial charge in [-0.05, 0) is 25.8 Å². The SMILES string of the molecule is CNC1(c2nc(C(C)C)cs2)CCS(=O)(=O)CC1. The summed E-state index contributed by atoms with van der Waals surface area (Å²) in [7, 11) is -0.947. The molecule has 102 valence electrons. The van der Waals surface area contributed by atoms with Gasteiger partial charge in [0.2, 0.25) is 0 Å². The van der Waals surface area contributed by atoms with E-state index in [0.29, 0.717) is 18.8 Å². The Labute approximate surface area is 113 Å². The quantitative estimate of drug-likeness (QED) is 0.923. The average molecular weight is 288 g/mol. The Morgan fingerprint density at radius 3 is 2.44 bits per heavy atom. The molecular weight excluding hydrogens is 268 g/mol. The molecule has 1 aromatic heterocycles. The monoisotopic (exact) mass is 288 g/mol. The molecule has 1 saturated heterocycles. The van der Waals surface area contributed by atoms with Crippen LogP contribution < -0.4 is 5.32 Å². The summed E-state index contributed by atoms with van der Waals surface area (Å²) in [5.74, 6) is 0.922. The second kappa shape index (κ2) is 4.90. The van der Waals surface area contributed by atoms with Crippen molar-refractivity contribution in [2.75, 3.05) is 18.6 Å². The van der Waals surface area contributed by atoms with Crippen molar-refractivity contribution in [2.45, 2.75) is 38.1 Å². The van der Waals surface area contributed by atoms with Crippen molar-refractivity contribution >= 4 is 21.2 Å². The molecule has 0 spiro atoms. The maximum atomic E-state index is 11.6. The van der Waals surface area contributed by atoms with E-state index >= 15 is 0 Å². The summed E-state index contributed by atoms with van der Waals surface area (Å²) in [5.41, 5.74) is 0.849. The van der Waals surface area contributed by atoms with Gasteiger partial charge in [-0.25, -0.2) is 13.4 Å². The number of hydrogen-bond donors (Lipinski definition) is 1. The summed E-state index contributed by atoms with van der Waals surface area (Å²) in [5, 5.41) is 6.42. The lowest BCUT2D eigenvalue weighted by Gasteiger charge is -2.35. The van der Waals surface area contributed by atoms with E-state index in [2.05, 4.69) is 29.5 Å². The molecule has 0 aliphatic carbocycles. The molecule has 1 aromatic rings. The molecule has 0 bridgehead atoms. The Balaban J connectivity index is 2.27. The number of nitrogens with zero attached hydrogens (tertiary/aromatic N) is 1. The maximum Gasteiger partial charge on any atom is 0.150 e. The lowest BCUT2D eigenvalue weighted by atomic mass is 9.93. The van der Waals surface area contributed by atoms with Crippen molar-refractivity contribution in [1.82, 2.24) is 10.3 Å². The summed E-state index contributed by atoms with van der Waals surface area (Å²) < 4.78 is 23.1. The molecule has 4 nitrogen and oxygen atoms in total. The molecule has 0 radical (unpaired) electrons. The first-order chi connectivity index (χ1) is 8.38. The van der Waals surface area contributed by atoms with E-state index in [4.69, 9.17) is 0 Å². The molecule has 1 fully saturated rings. The van der Waals surface area contributed by atoms with Crippen molar-refractivity contribution < 1.29 is 8.42 Å². The van der Waals surface area contributed by atoms with E-state index in [-0.39, 0.29) is 17.0 Å². The third-order valence-corrected chi connectivity index (χ3v) is 6.40. The molecule has 2 rings (SSSR count). The molecule has 1 aliphatic rings. The Morgan fingerprint density at radius 1 is 1.39 bits per heavy atom. The molecular formula is C12H20N2O2S2. The van der Waals surface area contributed by atoms with Gasteiger partial charge >= 0.3 is 0 Å². The van der Waals surface area contributed by atoms with E-state index in [9.17, 15) is 8.42 Å². The van der Waals surface area contributed by atoms with Crippen molar-refractivity contribution in [3.8, 4) is 0 Å². The van der Waals surface area contributed by atoms with Gasteiger partial charge in [0.1, 0.15) is 14.8 Å². The Bertz CT molecular complexity index is 506. The lowest BCUT2D eigenvalue weighted by molar-refractivity contribution is 0.322. The highest BCUT2D eigenvalue weighted by atomic mass is 32.2. The van der Waals surface area contributed by atoms with Gasteiger partial charge in [0.25, 0.3) is 0 Å². The van der Waals surface area contributed by atoms with Crippen LogP contribution in [0.15, 0.2) is 5.38 Å². The fraction of sp³-hybridized carbons (Fsp3) is 0.750. The van der Waals surface area contributed by atoms with E-state index in [1.54, 1.807) is 11.3 Å². The van der Waals surface area contributed by atoms with Crippen LogP contribution >= 0.6 is 11.3 Å². The van der Waals surface area contributed by atoms with Gasteiger partial charge in [0.15, 0.2) is 0 Å². The van der Waals surface area contributed by atoms with Gasteiger partial charge in [-0.1, -0.05) is 13.8 Å². The lowest BCUT2D eigenvalue weighted by Crippen LogP contribution is -2.46. The number of thiazole rings is 1. The fourth-order valence-electron chi connectivity index (χ4n) is 2.23. The number of hydrogen-bond acceptors (Lipinski definition) is 5. The van der Waals surface area contributed by atoms with Crippen molar-refractivity contribution in [3.05, 3.63) is 16.1 Å². The van der Waals surface area contributed by atoms with Crippen LogP contribution in [-0.4, -0.2) is 32.0 Å². The van der Waals surface area contributed by atoms with Gasteiger partial charge < -0.3 is 5.32 Å². The third-order valence-electron chi connectivity index (χ3n) is 3.68. The maximum absolute atomic E-state index is 11.6. The fourth-order valence-corrected chi connectivity index (χ4v) is 5.00. The first kappa shape index (κ1) is 14.0. The number of rotatable bonds is 3. The second-order valence-corrected chi connectivity index (χ2v) is 8.38. The van der Waals surface area contributed by atoms with Gasteiger partial charge in [-0.15, -0.1) is 11.3 Å². The first-order valence-corrected chi connectivity index (χ1v) is 8.94. The van der Waals surface area contributed by atoms with Gasteiger partial charge in [-0.2, -0.15) is 0 Å². The molecule has 0 amide bonds. The van der Waals surface area contributed by atoms with Crippen LogP contribution in [0.2, 0.25) is 0 Å². The highest BCUT2D eigenvalue weighted by Gasteiger charge is 2.39. The summed E-state index contributed by atoms with van der Waals surface area (Å²) in [6, 6.07) is 0. The summed E-state index contributed by atoms with van der Waals surface area (Å²) in [6.07, 6.45) is 1.24. The zero-order valence-electron chi connectivity index (χ0n) is 11.1. The first-order valence-electron chi connectivity index (χ1n) is 6.24. The van der Waals surface area contributed by atoms with Crippen LogP contribution in [0, 0.1) is 0 Å². The van der Waals surface area contributed by atoms with Crippen molar-refractivity contribution in [2.24, 2.45) is 0 Å². The third kappa shape index (κ3) is 2.60. The smallest absolute Gasteiger partial charge is 0.150 e. The summed E-state index contributed by atoms with van der Waals surface area (Å²) in [4.78, 5) is 4.69. The van der Waals surface area contributed by atoms with Crippen LogP contribution in [0.5, 0.6) is 0 Å². The minimum Gasteiger partial charge on any atom is -0.308 e. The normalized spacial score (nSPS) is 22.2. The van der Waals surface area contributed by atoms with Crippen LogP contribution in [0.1, 0.15) is 43.3 Å². The summed E-state index contributed by atoms with van der Waals surface area (Å²) >= 11 is 1.64. The van der Waals surface area contributed by atoms with Crippen LogP contribution in [0.25, 0.3) is 0 Å². The zero-order chi connectivity index (χ0) is 13.4. The van der Waals surface area contributed by atoms with E-state index in [0.717, 1.165) is 10.7 Å². The number of sulfone groups is 1. The van der Waals surface area contributed by atoms with E-state index < -0.39 is 9.84 Å². The Kier molecular flexibility index (Phi) is 3.80. The van der Waals surface area contributed by atoms with Crippen LogP contribution in [0.4, 0.5) is 0 Å². The predicted octanol–water partition coefficient (Wildman–Crippen LogP) is 1.89. The molecule has 6 heteroatoms. The predicted molar refractivity (Wildman–Crippen MR) is 74.8 cm³/mol. The largest absolute Gasteiger partial charge is 0.308 e. The van der Waals surface area contributed by atoms with Gasteiger partial charge in [0, 0.05) is 5.38 Å². The molecule has 1 aliphatic heterocycles. The number of aromatic nitrogens is 1. The Morgan fingerprint density at radius 2 is 2.00 bits per heavy atom. The van der Waals surface area contributed by atoms with Crippen molar-refractivity contribution in [3.63, 3.8) is 0 Å². The standard InChI is InChI=1S/C12H20N2O2S2/c1-9(2)10-8-17-11(14-10)12(13-3)4-6-18(15,16)7-5-12/h8-9,13H,4-7H2,1-3H3. The Hall–Kier alpha value is -0.460. The topological polar surface area (TPSA) is 59.1 Å². The average Bonchev–Trinajstić information content (AvgIpc) is 2.80. The molecule has 18 heavy (non-hydrogen) atoms. The van der Waals surface area contributed by atoms with Gasteiger partial charge in [-0.3, -0.25) is 0 Å². The minimum absolute atomic E-state index is 0.247. The molecule has 0 unspecified atom stereocenters. The second-order valence-electron chi connectivity index (χ2n) is 5.22. The van der Waals surface area contributed by atoms with E-state index in [1.165, 1.54) is 0 Å². The van der Waals surface area contributed by atoms with Crippen molar-refractivity contribution in [1.29, 1.82) is 0 Å². The highest BCUT2D eigenvalue weighted by Crippen LogP contribution is 2.36. The van der Waals surface area contributed by atoms with Crippen LogP contribution in [0.3, 0.4) is 0 Å². The molecule has 0 aromatic carbocycles. The minimum atomic E-state index is -2.84. The highest BCUT2D eigenvalue weighted by molar-refractivity contribution is 7.91. The van der Waals surface area contributed by atoms with E-state index in [1.807, 2.05) is 7.05 Å². The van der Waals surface area contributed by atoms with Gasteiger partial charge in [0.05, 0.1) is 22.7 Å². The zero-order valence-corrected chi connectivity index (χ0v) is 12.7. The molecule has 2 heterocycles. The number of nitrogens with one attached hydrogen (secondary N) is 1. The molecule has 0 saturated carbocycles.